The van der Waals surface area contributed by atoms with E-state index in [4.69, 9.17) is 4.74 Å². The number of nitrogens with zero attached hydrogens (tertiary/aromatic N) is 2. The molecule has 0 spiro atoms. The molecule has 0 bridgehead atoms. The van der Waals surface area contributed by atoms with Crippen molar-refractivity contribution in [2.24, 2.45) is 0 Å². The lowest BCUT2D eigenvalue weighted by molar-refractivity contribution is -0.144. The Bertz CT molecular complexity index is 1080. The van der Waals surface area contributed by atoms with Gasteiger partial charge in [0.1, 0.15) is 11.5 Å². The number of anilines is 1. The van der Waals surface area contributed by atoms with Crippen LogP contribution in [0.5, 0.6) is 0 Å². The first kappa shape index (κ1) is 23.6. The number of cyclic esters (lactones) is 1. The largest absolute Gasteiger partial charge is 0.461 e. The van der Waals surface area contributed by atoms with Crippen molar-refractivity contribution in [3.8, 4) is 0 Å². The molecule has 2 heterocycles. The molecule has 0 aliphatic carbocycles. The molecule has 1 atom stereocenters. The van der Waals surface area contributed by atoms with Gasteiger partial charge in [-0.25, -0.2) is 0 Å². The molecule has 182 valence electrons. The molecule has 0 radical (unpaired) electrons. The van der Waals surface area contributed by atoms with Crippen molar-refractivity contribution in [1.82, 2.24) is 4.90 Å². The second kappa shape index (κ2) is 10.2. The molecule has 5 rings (SSSR count). The van der Waals surface area contributed by atoms with E-state index in [2.05, 4.69) is 72.2 Å². The van der Waals surface area contributed by atoms with Gasteiger partial charge in [0.05, 0.1) is 0 Å². The SMILES string of the molecule is CC(C)c1ccccc1N1CCN(CC[C@@H]2CC(c3ccccc3)(c3ccccc3)C(=O)O2)CC1. The Morgan fingerprint density at radius 2 is 1.40 bits per heavy atom. The summed E-state index contributed by atoms with van der Waals surface area (Å²) >= 11 is 0. The van der Waals surface area contributed by atoms with Crippen LogP contribution >= 0.6 is 0 Å². The fourth-order valence-corrected chi connectivity index (χ4v) is 5.77. The van der Waals surface area contributed by atoms with Crippen LogP contribution in [-0.2, 0) is 14.9 Å². The molecule has 3 aromatic rings. The van der Waals surface area contributed by atoms with E-state index in [0.29, 0.717) is 12.3 Å². The maximum absolute atomic E-state index is 13.4. The van der Waals surface area contributed by atoms with E-state index >= 15 is 0 Å². The van der Waals surface area contributed by atoms with Gasteiger partial charge in [-0.15, -0.1) is 0 Å². The predicted molar refractivity (Wildman–Crippen MR) is 142 cm³/mol. The summed E-state index contributed by atoms with van der Waals surface area (Å²) < 4.78 is 6.03. The summed E-state index contributed by atoms with van der Waals surface area (Å²) in [6, 6.07) is 29.1. The maximum atomic E-state index is 13.4. The molecule has 0 saturated carbocycles. The molecule has 3 aromatic carbocycles. The van der Waals surface area contributed by atoms with Gasteiger partial charge in [-0.2, -0.15) is 0 Å². The van der Waals surface area contributed by atoms with E-state index in [9.17, 15) is 4.79 Å². The van der Waals surface area contributed by atoms with Crippen molar-refractivity contribution < 1.29 is 9.53 Å². The average Bonchev–Trinajstić information content (AvgIpc) is 3.25. The summed E-state index contributed by atoms with van der Waals surface area (Å²) in [7, 11) is 0. The van der Waals surface area contributed by atoms with Crippen LogP contribution in [0.25, 0.3) is 0 Å². The van der Waals surface area contributed by atoms with Gasteiger partial charge < -0.3 is 9.64 Å². The Morgan fingerprint density at radius 1 is 0.829 bits per heavy atom. The summed E-state index contributed by atoms with van der Waals surface area (Å²) in [5.74, 6) is 0.408. The number of esters is 1. The maximum Gasteiger partial charge on any atom is 0.321 e. The van der Waals surface area contributed by atoms with Gasteiger partial charge in [-0.3, -0.25) is 9.69 Å². The van der Waals surface area contributed by atoms with Gasteiger partial charge in [0.15, 0.2) is 0 Å². The third-order valence-corrected chi connectivity index (χ3v) is 7.73. The number of hydrogen-bond donors (Lipinski definition) is 0. The Balaban J connectivity index is 1.23. The number of ether oxygens (including phenoxy) is 1. The number of carbonyl (C=O) groups excluding carboxylic acids is 1. The number of para-hydroxylation sites is 1. The second-order valence-corrected chi connectivity index (χ2v) is 10.2. The van der Waals surface area contributed by atoms with E-state index in [1.807, 2.05) is 36.4 Å². The van der Waals surface area contributed by atoms with Crippen LogP contribution in [0.4, 0.5) is 5.69 Å². The van der Waals surface area contributed by atoms with Crippen molar-refractivity contribution in [1.29, 1.82) is 0 Å². The summed E-state index contributed by atoms with van der Waals surface area (Å²) in [6.45, 7) is 9.63. The van der Waals surface area contributed by atoms with Crippen molar-refractivity contribution in [2.75, 3.05) is 37.6 Å². The van der Waals surface area contributed by atoms with E-state index in [-0.39, 0.29) is 12.1 Å². The molecular formula is C31H36N2O2. The number of benzene rings is 3. The fraction of sp³-hybridized carbons (Fsp3) is 0.387. The van der Waals surface area contributed by atoms with Gasteiger partial charge >= 0.3 is 5.97 Å². The monoisotopic (exact) mass is 468 g/mol. The minimum atomic E-state index is -0.716. The van der Waals surface area contributed by atoms with E-state index in [0.717, 1.165) is 50.3 Å². The van der Waals surface area contributed by atoms with Crippen LogP contribution in [0.3, 0.4) is 0 Å². The van der Waals surface area contributed by atoms with Crippen molar-refractivity contribution in [3.05, 3.63) is 102 Å². The third kappa shape index (κ3) is 4.72. The fourth-order valence-electron chi connectivity index (χ4n) is 5.77. The highest BCUT2D eigenvalue weighted by Crippen LogP contribution is 2.44. The lowest BCUT2D eigenvalue weighted by Crippen LogP contribution is -2.47. The molecule has 4 heteroatoms. The molecule has 35 heavy (non-hydrogen) atoms. The summed E-state index contributed by atoms with van der Waals surface area (Å²) in [6.07, 6.45) is 1.50. The quantitative estimate of drug-likeness (QED) is 0.421. The first-order chi connectivity index (χ1) is 17.1. The highest BCUT2D eigenvalue weighted by atomic mass is 16.6. The van der Waals surface area contributed by atoms with Gasteiger partial charge in [-0.1, -0.05) is 92.7 Å². The summed E-state index contributed by atoms with van der Waals surface area (Å²) in [4.78, 5) is 18.4. The Labute approximate surface area is 209 Å². The van der Waals surface area contributed by atoms with Gasteiger partial charge in [0.2, 0.25) is 0 Å². The third-order valence-electron chi connectivity index (χ3n) is 7.73. The van der Waals surface area contributed by atoms with Crippen molar-refractivity contribution >= 4 is 11.7 Å². The van der Waals surface area contributed by atoms with E-state index < -0.39 is 5.41 Å². The number of piperazine rings is 1. The number of rotatable bonds is 7. The molecule has 2 fully saturated rings. The Kier molecular flexibility index (Phi) is 6.92. The molecular weight excluding hydrogens is 432 g/mol. The van der Waals surface area contributed by atoms with Crippen molar-refractivity contribution in [2.45, 2.75) is 44.1 Å². The van der Waals surface area contributed by atoms with Crippen LogP contribution in [0.2, 0.25) is 0 Å². The molecule has 0 unspecified atom stereocenters. The average molecular weight is 469 g/mol. The zero-order valence-electron chi connectivity index (χ0n) is 20.9. The van der Waals surface area contributed by atoms with E-state index in [1.165, 1.54) is 11.3 Å². The topological polar surface area (TPSA) is 32.8 Å². The first-order valence-corrected chi connectivity index (χ1v) is 13.0. The van der Waals surface area contributed by atoms with Gasteiger partial charge in [0, 0.05) is 44.8 Å². The highest BCUT2D eigenvalue weighted by Gasteiger charge is 2.51. The summed E-state index contributed by atoms with van der Waals surface area (Å²) in [5.41, 5.74) is 4.14. The molecule has 0 aromatic heterocycles. The van der Waals surface area contributed by atoms with Crippen LogP contribution in [0.15, 0.2) is 84.9 Å². The Hall–Kier alpha value is -3.11. The van der Waals surface area contributed by atoms with E-state index in [1.54, 1.807) is 0 Å². The Morgan fingerprint density at radius 3 is 2.00 bits per heavy atom. The lowest BCUT2D eigenvalue weighted by atomic mass is 9.72. The number of hydrogen-bond acceptors (Lipinski definition) is 4. The molecule has 2 aliphatic rings. The molecule has 4 nitrogen and oxygen atoms in total. The highest BCUT2D eigenvalue weighted by molar-refractivity contribution is 5.89. The van der Waals surface area contributed by atoms with Crippen molar-refractivity contribution in [3.63, 3.8) is 0 Å². The lowest BCUT2D eigenvalue weighted by Gasteiger charge is -2.37. The standard InChI is InChI=1S/C31H36N2O2/c1-24(2)28-15-9-10-16-29(28)33-21-19-32(20-22-33)18-17-27-23-31(30(34)35-27,25-11-5-3-6-12-25)26-13-7-4-8-14-26/h3-16,24,27H,17-23H2,1-2H3/t27-/m1/s1. The number of carbonyl (C=O) groups is 1. The van der Waals surface area contributed by atoms with Crippen LogP contribution in [0.1, 0.15) is 49.3 Å². The minimum absolute atomic E-state index is 0.0670. The molecule has 2 aliphatic heterocycles. The van der Waals surface area contributed by atoms with Gasteiger partial charge in [-0.05, 0) is 35.1 Å². The smallest absolute Gasteiger partial charge is 0.321 e. The molecule has 2 saturated heterocycles. The van der Waals surface area contributed by atoms with Crippen LogP contribution in [-0.4, -0.2) is 49.7 Å². The first-order valence-electron chi connectivity index (χ1n) is 13.0. The molecule has 0 N–H and O–H groups in total. The zero-order chi connectivity index (χ0) is 24.3. The van der Waals surface area contributed by atoms with Crippen LogP contribution in [0, 0.1) is 0 Å². The zero-order valence-corrected chi connectivity index (χ0v) is 20.9. The summed E-state index contributed by atoms with van der Waals surface area (Å²) in [5, 5.41) is 0. The van der Waals surface area contributed by atoms with Crippen LogP contribution < -0.4 is 4.90 Å². The minimum Gasteiger partial charge on any atom is -0.461 e. The normalized spacial score (nSPS) is 20.3. The molecule has 0 amide bonds. The predicted octanol–water partition coefficient (Wildman–Crippen LogP) is 5.62. The van der Waals surface area contributed by atoms with Gasteiger partial charge in [0.25, 0.3) is 0 Å². The second-order valence-electron chi connectivity index (χ2n) is 10.2.